The van der Waals surface area contributed by atoms with Gasteiger partial charge in [-0.3, -0.25) is 4.90 Å². The molecule has 3 aromatic rings. The van der Waals surface area contributed by atoms with Crippen LogP contribution in [0.2, 0.25) is 0 Å². The maximum absolute atomic E-state index is 9.78. The van der Waals surface area contributed by atoms with Crippen LogP contribution in [0.3, 0.4) is 0 Å². The Morgan fingerprint density at radius 3 is 2.31 bits per heavy atom. The lowest BCUT2D eigenvalue weighted by Crippen LogP contribution is -2.19. The summed E-state index contributed by atoms with van der Waals surface area (Å²) in [5.41, 5.74) is 4.89. The molecule has 0 aliphatic carbocycles. The van der Waals surface area contributed by atoms with E-state index in [0.29, 0.717) is 0 Å². The van der Waals surface area contributed by atoms with Gasteiger partial charge in [0, 0.05) is 13.1 Å². The Bertz CT molecular complexity index is 887. The Hall–Kier alpha value is -2.16. The van der Waals surface area contributed by atoms with E-state index in [4.69, 9.17) is 0 Å². The minimum absolute atomic E-state index is 0.0471. The summed E-state index contributed by atoms with van der Waals surface area (Å²) in [6.07, 6.45) is 0. The summed E-state index contributed by atoms with van der Waals surface area (Å²) in [5, 5.41) is 12.4. The molecule has 0 atom stereocenters. The van der Waals surface area contributed by atoms with Crippen LogP contribution in [0.4, 0.5) is 0 Å². The molecule has 0 radical (unpaired) electrons. The summed E-state index contributed by atoms with van der Waals surface area (Å²) in [4.78, 5) is 2.33. The molecular formula is C24H29NO. The van der Waals surface area contributed by atoms with E-state index in [-0.39, 0.29) is 12.0 Å². The van der Waals surface area contributed by atoms with Crippen LogP contribution in [-0.2, 0) is 25.1 Å². The molecule has 1 N–H and O–H groups in total. The molecule has 0 aromatic heterocycles. The lowest BCUT2D eigenvalue weighted by Gasteiger charge is -2.24. The first-order chi connectivity index (χ1) is 12.4. The average Bonchev–Trinajstić information content (AvgIpc) is 2.61. The normalized spacial score (nSPS) is 12.1. The van der Waals surface area contributed by atoms with E-state index >= 15 is 0 Å². The monoisotopic (exact) mass is 347 g/mol. The largest absolute Gasteiger partial charge is 0.392 e. The van der Waals surface area contributed by atoms with Crippen LogP contribution in [0, 0.1) is 0 Å². The van der Waals surface area contributed by atoms with E-state index in [9.17, 15) is 5.11 Å². The van der Waals surface area contributed by atoms with Crippen molar-refractivity contribution in [2.75, 3.05) is 7.05 Å². The van der Waals surface area contributed by atoms with E-state index in [0.717, 1.165) is 18.7 Å². The molecule has 0 amide bonds. The van der Waals surface area contributed by atoms with Gasteiger partial charge in [-0.2, -0.15) is 0 Å². The average molecular weight is 348 g/mol. The lowest BCUT2D eigenvalue weighted by atomic mass is 9.83. The third-order valence-electron chi connectivity index (χ3n) is 4.92. The van der Waals surface area contributed by atoms with E-state index in [1.54, 1.807) is 0 Å². The van der Waals surface area contributed by atoms with E-state index in [1.807, 2.05) is 0 Å². The Labute approximate surface area is 157 Å². The fourth-order valence-corrected chi connectivity index (χ4v) is 3.70. The van der Waals surface area contributed by atoms with Crippen molar-refractivity contribution in [1.82, 2.24) is 4.90 Å². The summed E-state index contributed by atoms with van der Waals surface area (Å²) in [5.74, 6) is 0. The molecule has 0 fully saturated rings. The first kappa shape index (κ1) is 18.6. The van der Waals surface area contributed by atoms with Crippen molar-refractivity contribution in [2.45, 2.75) is 45.9 Å². The van der Waals surface area contributed by atoms with Crippen LogP contribution >= 0.6 is 0 Å². The Morgan fingerprint density at radius 2 is 1.58 bits per heavy atom. The Kier molecular flexibility index (Phi) is 5.45. The predicted molar refractivity (Wildman–Crippen MR) is 110 cm³/mol. The van der Waals surface area contributed by atoms with Gasteiger partial charge in [-0.15, -0.1) is 0 Å². The number of benzene rings is 3. The highest BCUT2D eigenvalue weighted by Crippen LogP contribution is 2.27. The van der Waals surface area contributed by atoms with Crippen molar-refractivity contribution in [3.8, 4) is 0 Å². The van der Waals surface area contributed by atoms with Crippen molar-refractivity contribution in [1.29, 1.82) is 0 Å². The van der Waals surface area contributed by atoms with Crippen molar-refractivity contribution >= 4 is 10.8 Å². The van der Waals surface area contributed by atoms with Crippen LogP contribution in [-0.4, -0.2) is 17.1 Å². The first-order valence-electron chi connectivity index (χ1n) is 9.27. The predicted octanol–water partition coefficient (Wildman–Crippen LogP) is 5.26. The molecule has 0 bridgehead atoms. The Balaban J connectivity index is 1.78. The molecule has 0 unspecified atom stereocenters. The molecule has 2 nitrogen and oxygen atoms in total. The number of aliphatic hydroxyl groups excluding tert-OH is 1. The fraction of sp³-hybridized carbons (Fsp3) is 0.333. The molecule has 3 aromatic carbocycles. The maximum atomic E-state index is 9.78. The highest BCUT2D eigenvalue weighted by molar-refractivity contribution is 5.85. The molecule has 2 heteroatoms. The molecule has 0 heterocycles. The van der Waals surface area contributed by atoms with Crippen molar-refractivity contribution in [3.63, 3.8) is 0 Å². The maximum Gasteiger partial charge on any atom is 0.0684 e. The third-order valence-corrected chi connectivity index (χ3v) is 4.92. The number of hydrogen-bond acceptors (Lipinski definition) is 2. The summed E-state index contributed by atoms with van der Waals surface area (Å²) in [7, 11) is 2.15. The molecule has 136 valence electrons. The number of rotatable bonds is 5. The van der Waals surface area contributed by atoms with Crippen LogP contribution in [0.25, 0.3) is 10.8 Å². The van der Waals surface area contributed by atoms with Gasteiger partial charge in [0.05, 0.1) is 6.61 Å². The van der Waals surface area contributed by atoms with Crippen LogP contribution in [0.1, 0.15) is 43.0 Å². The van der Waals surface area contributed by atoms with Gasteiger partial charge in [0.1, 0.15) is 0 Å². The topological polar surface area (TPSA) is 23.5 Å². The zero-order chi connectivity index (χ0) is 18.7. The van der Waals surface area contributed by atoms with Gasteiger partial charge >= 0.3 is 0 Å². The second-order valence-corrected chi connectivity index (χ2v) is 8.21. The van der Waals surface area contributed by atoms with Crippen LogP contribution < -0.4 is 0 Å². The summed E-state index contributed by atoms with van der Waals surface area (Å²) >= 11 is 0. The summed E-state index contributed by atoms with van der Waals surface area (Å²) < 4.78 is 0. The van der Waals surface area contributed by atoms with Crippen molar-refractivity contribution in [2.24, 2.45) is 0 Å². The summed E-state index contributed by atoms with van der Waals surface area (Å²) in [6, 6.07) is 21.6. The molecule has 0 aliphatic rings. The molecule has 0 aliphatic heterocycles. The van der Waals surface area contributed by atoms with Crippen LogP contribution in [0.15, 0.2) is 60.7 Å². The molecule has 26 heavy (non-hydrogen) atoms. The minimum atomic E-state index is 0.0471. The van der Waals surface area contributed by atoms with Crippen molar-refractivity contribution in [3.05, 3.63) is 82.9 Å². The number of hydrogen-bond donors (Lipinski definition) is 1. The number of nitrogens with zero attached hydrogens (tertiary/aromatic N) is 1. The SMILES string of the molecule is CN(Cc1ccc(C(C)(C)C)c(CO)c1)Cc1cccc2ccccc12. The second-order valence-electron chi connectivity index (χ2n) is 8.21. The van der Waals surface area contributed by atoms with Crippen molar-refractivity contribution < 1.29 is 5.11 Å². The quantitative estimate of drug-likeness (QED) is 0.680. The van der Waals surface area contributed by atoms with Gasteiger partial charge in [-0.05, 0) is 45.5 Å². The standard InChI is InChI=1S/C24H29NO/c1-24(2,3)23-13-12-18(14-21(23)17-26)15-25(4)16-20-10-7-9-19-8-5-6-11-22(19)20/h5-14,26H,15-17H2,1-4H3. The fourth-order valence-electron chi connectivity index (χ4n) is 3.70. The zero-order valence-electron chi connectivity index (χ0n) is 16.3. The van der Waals surface area contributed by atoms with Gasteiger partial charge < -0.3 is 5.11 Å². The van der Waals surface area contributed by atoms with Crippen LogP contribution in [0.5, 0.6) is 0 Å². The van der Waals surface area contributed by atoms with Gasteiger partial charge in [0.25, 0.3) is 0 Å². The second kappa shape index (κ2) is 7.61. The molecule has 0 spiro atoms. The number of fused-ring (bicyclic) bond motifs is 1. The third kappa shape index (κ3) is 4.14. The minimum Gasteiger partial charge on any atom is -0.392 e. The zero-order valence-corrected chi connectivity index (χ0v) is 16.3. The smallest absolute Gasteiger partial charge is 0.0684 e. The highest BCUT2D eigenvalue weighted by Gasteiger charge is 2.18. The van der Waals surface area contributed by atoms with E-state index in [1.165, 1.54) is 27.5 Å². The summed E-state index contributed by atoms with van der Waals surface area (Å²) in [6.45, 7) is 8.42. The number of aliphatic hydroxyl groups is 1. The first-order valence-corrected chi connectivity index (χ1v) is 9.27. The van der Waals surface area contributed by atoms with Gasteiger partial charge in [0.2, 0.25) is 0 Å². The molecule has 0 saturated carbocycles. The lowest BCUT2D eigenvalue weighted by molar-refractivity contribution is 0.277. The Morgan fingerprint density at radius 1 is 0.846 bits per heavy atom. The molecule has 0 saturated heterocycles. The van der Waals surface area contributed by atoms with Gasteiger partial charge in [-0.1, -0.05) is 81.4 Å². The molecular weight excluding hydrogens is 318 g/mol. The van der Waals surface area contributed by atoms with Gasteiger partial charge in [0.15, 0.2) is 0 Å². The van der Waals surface area contributed by atoms with E-state index in [2.05, 4.69) is 93.4 Å². The van der Waals surface area contributed by atoms with E-state index < -0.39 is 0 Å². The van der Waals surface area contributed by atoms with Gasteiger partial charge in [-0.25, -0.2) is 0 Å². The highest BCUT2D eigenvalue weighted by atomic mass is 16.3. The molecule has 3 rings (SSSR count).